The number of rotatable bonds is 8. The van der Waals surface area contributed by atoms with Crippen LogP contribution in [0.2, 0.25) is 0 Å². The van der Waals surface area contributed by atoms with Crippen LogP contribution in [0.4, 0.5) is 0 Å². The molecule has 34 heavy (non-hydrogen) atoms. The van der Waals surface area contributed by atoms with Crippen molar-refractivity contribution in [3.63, 3.8) is 0 Å². The number of carboxylic acids is 6. The average Bonchev–Trinajstić information content (AvgIpc) is 2.79. The van der Waals surface area contributed by atoms with Crippen LogP contribution < -0.4 is 34.4 Å². The van der Waals surface area contributed by atoms with E-state index in [1.807, 2.05) is 0 Å². The molecule has 0 aliphatic carbocycles. The Hall–Kier alpha value is -3.50. The number of nitrogens with two attached hydrogens (primary N) is 6. The van der Waals surface area contributed by atoms with Crippen LogP contribution in [0.5, 0.6) is 0 Å². The van der Waals surface area contributed by atoms with E-state index >= 15 is 0 Å². The van der Waals surface area contributed by atoms with Gasteiger partial charge in [0.25, 0.3) is 0 Å². The smallest absolute Gasteiger partial charge is 0.322 e. The molecule has 2 atom stereocenters. The highest BCUT2D eigenvalue weighted by Gasteiger charge is 2.07. The van der Waals surface area contributed by atoms with Crippen molar-refractivity contribution in [2.24, 2.45) is 34.4 Å². The number of hydrogen-bond donors (Lipinski definition) is 14. The Morgan fingerprint density at radius 2 is 0.588 bits per heavy atom. The minimum Gasteiger partial charge on any atom is -0.480 e. The van der Waals surface area contributed by atoms with Gasteiger partial charge in [0, 0.05) is 0 Å². The van der Waals surface area contributed by atoms with Crippen LogP contribution >= 0.6 is 0 Å². The van der Waals surface area contributed by atoms with E-state index in [0.29, 0.717) is 0 Å². The quantitative estimate of drug-likeness (QED) is 0.144. The zero-order chi connectivity index (χ0) is 28.9. The molecule has 0 fully saturated rings. The normalized spacial score (nSPS) is 9.88. The fourth-order valence-corrected chi connectivity index (χ4v) is 0.156. The molecule has 20 nitrogen and oxygen atoms in total. The summed E-state index contributed by atoms with van der Waals surface area (Å²) in [5, 5.41) is 62.2. The average molecular weight is 510 g/mol. The molecule has 20 heteroatoms. The third kappa shape index (κ3) is 79.2. The summed E-state index contributed by atoms with van der Waals surface area (Å²) in [7, 11) is 0. The number of carboxylic acid groups (broad SMARTS) is 6. The summed E-state index contributed by atoms with van der Waals surface area (Å²) < 4.78 is 0. The fraction of sp³-hybridized carbons (Fsp3) is 0.571. The van der Waals surface area contributed by atoms with Gasteiger partial charge in [0.05, 0.1) is 39.4 Å². The second kappa shape index (κ2) is 34.1. The van der Waals surface area contributed by atoms with Crippen LogP contribution in [0, 0.1) is 0 Å². The highest BCUT2D eigenvalue weighted by Crippen LogP contribution is 1.71. The van der Waals surface area contributed by atoms with Crippen molar-refractivity contribution >= 4 is 35.8 Å². The summed E-state index contributed by atoms with van der Waals surface area (Å²) in [4.78, 5) is 56.3. The van der Waals surface area contributed by atoms with E-state index in [4.69, 9.17) is 52.3 Å². The third-order valence-electron chi connectivity index (χ3n) is 1.73. The van der Waals surface area contributed by atoms with Gasteiger partial charge in [0.1, 0.15) is 12.1 Å². The molecule has 0 aliphatic rings. The number of hydrogen-bond acceptors (Lipinski definition) is 14. The van der Waals surface area contributed by atoms with Crippen molar-refractivity contribution in [3.8, 4) is 0 Å². The second-order valence-corrected chi connectivity index (χ2v) is 4.65. The topological polar surface area (TPSA) is 420 Å². The summed E-state index contributed by atoms with van der Waals surface area (Å²) >= 11 is 0. The van der Waals surface area contributed by atoms with Crippen molar-refractivity contribution in [1.29, 1.82) is 0 Å². The summed E-state index contributed by atoms with van der Waals surface area (Å²) in [5.74, 6) is -6.23. The predicted octanol–water partition coefficient (Wildman–Crippen LogP) is -7.10. The molecular formula is C14H34N6O14. The van der Waals surface area contributed by atoms with Crippen LogP contribution in [0.15, 0.2) is 0 Å². The molecule has 0 saturated heterocycles. The Labute approximate surface area is 192 Å². The Balaban J connectivity index is -0.0000000697. The maximum atomic E-state index is 9.65. The van der Waals surface area contributed by atoms with E-state index in [9.17, 15) is 28.8 Å². The van der Waals surface area contributed by atoms with Gasteiger partial charge in [-0.15, -0.1) is 0 Å². The van der Waals surface area contributed by atoms with E-state index in [2.05, 4.69) is 22.9 Å². The van der Waals surface area contributed by atoms with E-state index in [1.165, 1.54) is 0 Å². The highest BCUT2D eigenvalue weighted by molar-refractivity contribution is 5.73. The van der Waals surface area contributed by atoms with Gasteiger partial charge in [-0.3, -0.25) is 28.8 Å². The van der Waals surface area contributed by atoms with Crippen LogP contribution in [-0.2, 0) is 28.8 Å². The molecule has 0 radical (unpaired) electrons. The van der Waals surface area contributed by atoms with Crippen molar-refractivity contribution in [2.45, 2.75) is 12.1 Å². The molecular weight excluding hydrogens is 476 g/mol. The molecule has 0 aromatic carbocycles. The standard InChI is InChI=1S/2C3H7NO3.4C2H5NO2/c2*4-2(1-5)3(6)7;4*3-1-2(4)5/h2*2,5H,1,4H2,(H,6,7);4*1,3H2,(H,4,5)/t2*2-;;;;/m00..../s1. The van der Waals surface area contributed by atoms with Gasteiger partial charge in [-0.25, -0.2) is 0 Å². The number of aliphatic carboxylic acids is 6. The summed E-state index contributed by atoms with van der Waals surface area (Å²) in [6.07, 6.45) is 0. The first-order chi connectivity index (χ1) is 15.4. The Morgan fingerprint density at radius 3 is 0.588 bits per heavy atom. The first kappa shape index (κ1) is 44.2. The van der Waals surface area contributed by atoms with E-state index < -0.39 is 61.1 Å². The Bertz CT molecular complexity index is 487. The predicted molar refractivity (Wildman–Crippen MR) is 112 cm³/mol. The largest absolute Gasteiger partial charge is 0.480 e. The van der Waals surface area contributed by atoms with Crippen molar-refractivity contribution in [2.75, 3.05) is 39.4 Å². The van der Waals surface area contributed by atoms with E-state index in [0.717, 1.165) is 0 Å². The molecule has 0 aromatic heterocycles. The molecule has 0 aliphatic heterocycles. The molecule has 0 rings (SSSR count). The summed E-state index contributed by atoms with van der Waals surface area (Å²) in [6, 6.07) is -2.25. The van der Waals surface area contributed by atoms with Crippen LogP contribution in [0.1, 0.15) is 0 Å². The van der Waals surface area contributed by atoms with Crippen molar-refractivity contribution < 1.29 is 69.6 Å². The molecule has 20 N–H and O–H groups in total. The lowest BCUT2D eigenvalue weighted by atomic mass is 10.3. The fourth-order valence-electron chi connectivity index (χ4n) is 0.156. The number of aliphatic hydroxyl groups is 2. The minimum atomic E-state index is -1.18. The Kier molecular flexibility index (Phi) is 44.4. The maximum Gasteiger partial charge on any atom is 0.322 e. The van der Waals surface area contributed by atoms with Crippen LogP contribution in [-0.4, -0.2) is 128 Å². The highest BCUT2D eigenvalue weighted by atomic mass is 16.4. The van der Waals surface area contributed by atoms with Gasteiger partial charge >= 0.3 is 35.8 Å². The molecule has 0 unspecified atom stereocenters. The molecule has 0 bridgehead atoms. The summed E-state index contributed by atoms with van der Waals surface area (Å²) in [5.41, 5.74) is 27.8. The van der Waals surface area contributed by atoms with Gasteiger partial charge in [-0.2, -0.15) is 0 Å². The van der Waals surface area contributed by atoms with Gasteiger partial charge in [0.15, 0.2) is 0 Å². The lowest BCUT2D eigenvalue weighted by molar-refractivity contribution is -0.140. The SMILES string of the molecule is NCC(=O)O.NCC(=O)O.NCC(=O)O.NCC(=O)O.N[C@@H](CO)C(=O)O.N[C@@H](CO)C(=O)O. The third-order valence-corrected chi connectivity index (χ3v) is 1.73. The number of aliphatic hydroxyl groups excluding tert-OH is 2. The lowest BCUT2D eigenvalue weighted by Gasteiger charge is -1.96. The van der Waals surface area contributed by atoms with Crippen LogP contribution in [0.3, 0.4) is 0 Å². The van der Waals surface area contributed by atoms with E-state index in [1.54, 1.807) is 0 Å². The van der Waals surface area contributed by atoms with E-state index in [-0.39, 0.29) is 26.2 Å². The van der Waals surface area contributed by atoms with Gasteiger partial charge in [0.2, 0.25) is 0 Å². The molecule has 0 heterocycles. The first-order valence-corrected chi connectivity index (χ1v) is 8.31. The van der Waals surface area contributed by atoms with Crippen molar-refractivity contribution in [3.05, 3.63) is 0 Å². The number of carbonyl (C=O) groups is 6. The Morgan fingerprint density at radius 1 is 0.471 bits per heavy atom. The monoisotopic (exact) mass is 510 g/mol. The van der Waals surface area contributed by atoms with Gasteiger partial charge < -0.3 is 75.3 Å². The zero-order valence-electron chi connectivity index (χ0n) is 17.9. The van der Waals surface area contributed by atoms with Crippen LogP contribution in [0.25, 0.3) is 0 Å². The van der Waals surface area contributed by atoms with Crippen molar-refractivity contribution in [1.82, 2.24) is 0 Å². The minimum absolute atomic E-state index is 0.278. The molecule has 0 spiro atoms. The lowest BCUT2D eigenvalue weighted by Crippen LogP contribution is -2.33. The molecule has 204 valence electrons. The maximum absolute atomic E-state index is 9.65. The molecule has 0 saturated carbocycles. The second-order valence-electron chi connectivity index (χ2n) is 4.65. The molecule has 0 aromatic rings. The first-order valence-electron chi connectivity index (χ1n) is 8.31. The summed E-state index contributed by atoms with van der Waals surface area (Å²) in [6.45, 7) is -2.12. The zero-order valence-corrected chi connectivity index (χ0v) is 17.9. The molecule has 0 amide bonds. The van der Waals surface area contributed by atoms with Gasteiger partial charge in [-0.05, 0) is 0 Å². The van der Waals surface area contributed by atoms with Gasteiger partial charge in [-0.1, -0.05) is 0 Å².